The lowest BCUT2D eigenvalue weighted by Gasteiger charge is -2.37. The van der Waals surface area contributed by atoms with Crippen LogP contribution in [-0.2, 0) is 9.53 Å². The Balaban J connectivity index is 1.98. The quantitative estimate of drug-likeness (QED) is 0.845. The maximum atomic E-state index is 13.0. The first-order chi connectivity index (χ1) is 12.7. The van der Waals surface area contributed by atoms with Crippen molar-refractivity contribution in [3.63, 3.8) is 0 Å². The predicted octanol–water partition coefficient (Wildman–Crippen LogP) is 2.06. The number of amides is 2. The molecular weight excluding hydrogens is 346 g/mol. The van der Waals surface area contributed by atoms with Gasteiger partial charge in [-0.05, 0) is 32.8 Å². The summed E-state index contributed by atoms with van der Waals surface area (Å²) < 4.78 is 5.33. The van der Waals surface area contributed by atoms with Crippen molar-refractivity contribution in [2.24, 2.45) is 5.92 Å². The molecule has 0 radical (unpaired) electrons. The third-order valence-electron chi connectivity index (χ3n) is 4.58. The van der Waals surface area contributed by atoms with Gasteiger partial charge in [0.2, 0.25) is 11.9 Å². The highest BCUT2D eigenvalue weighted by Crippen LogP contribution is 2.16. The summed E-state index contributed by atoms with van der Waals surface area (Å²) in [6.45, 7) is 11.8. The van der Waals surface area contributed by atoms with Crippen LogP contribution < -0.4 is 10.2 Å². The minimum absolute atomic E-state index is 0.0144. The van der Waals surface area contributed by atoms with E-state index in [9.17, 15) is 9.59 Å². The molecule has 1 aliphatic heterocycles. The summed E-state index contributed by atoms with van der Waals surface area (Å²) in [5.41, 5.74) is -0.603. The Morgan fingerprint density at radius 2 is 1.78 bits per heavy atom. The van der Waals surface area contributed by atoms with Crippen LogP contribution in [-0.4, -0.2) is 64.7 Å². The van der Waals surface area contributed by atoms with Gasteiger partial charge in [-0.1, -0.05) is 20.3 Å². The molecule has 0 aliphatic carbocycles. The SMILES string of the molecule is CCC(C)C(NC(=O)OC(C)(C)C)C(=O)N1CCN(c2ncccn2)CC1. The number of carbonyl (C=O) groups excluding carboxylic acids is 2. The van der Waals surface area contributed by atoms with Crippen LogP contribution in [0.25, 0.3) is 0 Å². The Morgan fingerprint density at radius 1 is 1.19 bits per heavy atom. The lowest BCUT2D eigenvalue weighted by molar-refractivity contribution is -0.135. The molecule has 2 rings (SSSR count). The van der Waals surface area contributed by atoms with Gasteiger partial charge in [-0.25, -0.2) is 14.8 Å². The zero-order valence-corrected chi connectivity index (χ0v) is 16.9. The van der Waals surface area contributed by atoms with E-state index in [1.165, 1.54) is 0 Å². The van der Waals surface area contributed by atoms with Gasteiger partial charge < -0.3 is 19.9 Å². The second-order valence-corrected chi connectivity index (χ2v) is 7.87. The minimum Gasteiger partial charge on any atom is -0.444 e. The monoisotopic (exact) mass is 377 g/mol. The highest BCUT2D eigenvalue weighted by molar-refractivity contribution is 5.86. The van der Waals surface area contributed by atoms with E-state index >= 15 is 0 Å². The molecule has 0 bridgehead atoms. The smallest absolute Gasteiger partial charge is 0.408 e. The number of anilines is 1. The Hall–Kier alpha value is -2.38. The topological polar surface area (TPSA) is 87.7 Å². The molecule has 1 fully saturated rings. The van der Waals surface area contributed by atoms with Crippen LogP contribution >= 0.6 is 0 Å². The Kier molecular flexibility index (Phi) is 6.98. The first kappa shape index (κ1) is 20.9. The number of ether oxygens (including phenoxy) is 1. The summed E-state index contributed by atoms with van der Waals surface area (Å²) in [6, 6.07) is 1.19. The minimum atomic E-state index is -0.603. The molecule has 1 aromatic heterocycles. The van der Waals surface area contributed by atoms with Gasteiger partial charge in [0.05, 0.1) is 0 Å². The first-order valence-corrected chi connectivity index (χ1v) is 9.51. The lowest BCUT2D eigenvalue weighted by atomic mass is 9.97. The summed E-state index contributed by atoms with van der Waals surface area (Å²) in [5.74, 6) is 0.624. The second kappa shape index (κ2) is 9.01. The van der Waals surface area contributed by atoms with Gasteiger partial charge in [0.1, 0.15) is 11.6 Å². The Bertz CT molecular complexity index is 624. The lowest BCUT2D eigenvalue weighted by Crippen LogP contribution is -2.57. The molecule has 1 saturated heterocycles. The number of piperazine rings is 1. The van der Waals surface area contributed by atoms with Gasteiger partial charge in [0.15, 0.2) is 0 Å². The molecule has 2 unspecified atom stereocenters. The third-order valence-corrected chi connectivity index (χ3v) is 4.58. The Labute approximate surface area is 161 Å². The average Bonchev–Trinajstić information content (AvgIpc) is 2.64. The van der Waals surface area contributed by atoms with Gasteiger partial charge >= 0.3 is 6.09 Å². The number of nitrogens with one attached hydrogen (secondary N) is 1. The number of nitrogens with zero attached hydrogens (tertiary/aromatic N) is 4. The zero-order chi connectivity index (χ0) is 20.0. The van der Waals surface area contributed by atoms with E-state index in [0.717, 1.165) is 6.42 Å². The number of carbonyl (C=O) groups is 2. The number of rotatable bonds is 5. The van der Waals surface area contributed by atoms with Crippen molar-refractivity contribution in [2.45, 2.75) is 52.7 Å². The van der Waals surface area contributed by atoms with Crippen molar-refractivity contribution >= 4 is 17.9 Å². The van der Waals surface area contributed by atoms with Crippen molar-refractivity contribution in [1.82, 2.24) is 20.2 Å². The molecular formula is C19H31N5O3. The van der Waals surface area contributed by atoms with E-state index < -0.39 is 17.7 Å². The predicted molar refractivity (Wildman–Crippen MR) is 103 cm³/mol. The van der Waals surface area contributed by atoms with Crippen LogP contribution in [0.15, 0.2) is 18.5 Å². The van der Waals surface area contributed by atoms with Crippen LogP contribution in [0, 0.1) is 5.92 Å². The average molecular weight is 377 g/mol. The molecule has 2 atom stereocenters. The molecule has 2 heterocycles. The van der Waals surface area contributed by atoms with Crippen LogP contribution in [0.3, 0.4) is 0 Å². The molecule has 1 N–H and O–H groups in total. The summed E-state index contributed by atoms with van der Waals surface area (Å²) in [5, 5.41) is 2.77. The Morgan fingerprint density at radius 3 is 2.30 bits per heavy atom. The summed E-state index contributed by atoms with van der Waals surface area (Å²) in [6.07, 6.45) is 3.65. The normalized spacial score (nSPS) is 17.2. The van der Waals surface area contributed by atoms with E-state index in [1.807, 2.05) is 13.8 Å². The summed E-state index contributed by atoms with van der Waals surface area (Å²) >= 11 is 0. The fraction of sp³-hybridized carbons (Fsp3) is 0.684. The molecule has 0 spiro atoms. The van der Waals surface area contributed by atoms with E-state index in [0.29, 0.717) is 32.1 Å². The molecule has 1 aromatic rings. The van der Waals surface area contributed by atoms with Gasteiger partial charge in [0.25, 0.3) is 0 Å². The van der Waals surface area contributed by atoms with Crippen LogP contribution in [0.5, 0.6) is 0 Å². The molecule has 0 aromatic carbocycles. The fourth-order valence-electron chi connectivity index (χ4n) is 2.90. The van der Waals surface area contributed by atoms with Gasteiger partial charge in [-0.2, -0.15) is 0 Å². The van der Waals surface area contributed by atoms with Crippen molar-refractivity contribution in [1.29, 1.82) is 0 Å². The highest BCUT2D eigenvalue weighted by Gasteiger charge is 2.33. The van der Waals surface area contributed by atoms with Crippen molar-refractivity contribution < 1.29 is 14.3 Å². The van der Waals surface area contributed by atoms with E-state index in [2.05, 4.69) is 20.2 Å². The van der Waals surface area contributed by atoms with Crippen molar-refractivity contribution in [3.8, 4) is 0 Å². The third kappa shape index (κ3) is 6.08. The largest absolute Gasteiger partial charge is 0.444 e. The maximum absolute atomic E-state index is 13.0. The summed E-state index contributed by atoms with van der Waals surface area (Å²) in [4.78, 5) is 37.6. The second-order valence-electron chi connectivity index (χ2n) is 7.87. The zero-order valence-electron chi connectivity index (χ0n) is 16.9. The number of aromatic nitrogens is 2. The van der Waals surface area contributed by atoms with Crippen LogP contribution in [0.4, 0.5) is 10.7 Å². The molecule has 27 heavy (non-hydrogen) atoms. The maximum Gasteiger partial charge on any atom is 0.408 e. The van der Waals surface area contributed by atoms with Gasteiger partial charge in [0, 0.05) is 38.6 Å². The van der Waals surface area contributed by atoms with Gasteiger partial charge in [-0.3, -0.25) is 4.79 Å². The standard InChI is InChI=1S/C19H31N5O3/c1-6-14(2)15(22-18(26)27-19(3,4)5)16(25)23-10-12-24(13-11-23)17-20-8-7-9-21-17/h7-9,14-15H,6,10-13H2,1-5H3,(H,22,26). The molecule has 2 amide bonds. The number of alkyl carbamates (subject to hydrolysis) is 1. The van der Waals surface area contributed by atoms with E-state index in [4.69, 9.17) is 4.74 Å². The molecule has 8 nitrogen and oxygen atoms in total. The van der Waals surface area contributed by atoms with Crippen molar-refractivity contribution in [3.05, 3.63) is 18.5 Å². The number of hydrogen-bond acceptors (Lipinski definition) is 6. The van der Waals surface area contributed by atoms with E-state index in [1.54, 1.807) is 44.1 Å². The van der Waals surface area contributed by atoms with Gasteiger partial charge in [-0.15, -0.1) is 0 Å². The molecule has 0 saturated carbocycles. The summed E-state index contributed by atoms with van der Waals surface area (Å²) in [7, 11) is 0. The molecule has 8 heteroatoms. The molecule has 150 valence electrons. The van der Waals surface area contributed by atoms with Crippen LogP contribution in [0.2, 0.25) is 0 Å². The number of hydrogen-bond donors (Lipinski definition) is 1. The van der Waals surface area contributed by atoms with Crippen molar-refractivity contribution in [2.75, 3.05) is 31.1 Å². The van der Waals surface area contributed by atoms with Crippen LogP contribution in [0.1, 0.15) is 41.0 Å². The van der Waals surface area contributed by atoms with E-state index in [-0.39, 0.29) is 11.8 Å². The molecule has 1 aliphatic rings. The fourth-order valence-corrected chi connectivity index (χ4v) is 2.90. The highest BCUT2D eigenvalue weighted by atomic mass is 16.6. The first-order valence-electron chi connectivity index (χ1n) is 9.51.